The molecule has 2 heterocycles. The molecule has 0 bridgehead atoms. The first-order valence-electron chi connectivity index (χ1n) is 7.35. The van der Waals surface area contributed by atoms with Crippen LogP contribution in [0.15, 0.2) is 41.0 Å². The molecule has 0 saturated heterocycles. The van der Waals surface area contributed by atoms with Gasteiger partial charge in [-0.1, -0.05) is 31.2 Å². The van der Waals surface area contributed by atoms with Crippen molar-refractivity contribution >= 4 is 29.6 Å². The average molecular weight is 322 g/mol. The normalized spacial score (nSPS) is 23.3. The predicted molar refractivity (Wildman–Crippen MR) is 96.0 cm³/mol. The SMILES string of the molecule is CCC(C/C=C\S)CNC1=NCC(C)(c2ccncc2)S1. The van der Waals surface area contributed by atoms with Gasteiger partial charge in [-0.2, -0.15) is 12.6 Å². The van der Waals surface area contributed by atoms with Crippen LogP contribution in [-0.2, 0) is 4.75 Å². The summed E-state index contributed by atoms with van der Waals surface area (Å²) in [7, 11) is 0. The molecule has 5 heteroatoms. The molecule has 0 fully saturated rings. The second kappa shape index (κ2) is 7.90. The summed E-state index contributed by atoms with van der Waals surface area (Å²) in [5, 5.41) is 6.39. The summed E-state index contributed by atoms with van der Waals surface area (Å²) < 4.78 is 0.0258. The number of amidine groups is 1. The Kier molecular flexibility index (Phi) is 6.18. The lowest BCUT2D eigenvalue weighted by molar-refractivity contribution is 0.508. The lowest BCUT2D eigenvalue weighted by atomic mass is 10.0. The fourth-order valence-corrected chi connectivity index (χ4v) is 3.54. The Hall–Kier alpha value is -0.940. The molecule has 1 aromatic heterocycles. The summed E-state index contributed by atoms with van der Waals surface area (Å²) in [6.07, 6.45) is 8.04. The van der Waals surface area contributed by atoms with Gasteiger partial charge in [-0.05, 0) is 42.4 Å². The topological polar surface area (TPSA) is 37.3 Å². The molecule has 1 aliphatic heterocycles. The number of thioether (sulfide) groups is 1. The summed E-state index contributed by atoms with van der Waals surface area (Å²) >= 11 is 5.94. The largest absolute Gasteiger partial charge is 0.365 e. The number of hydrogen-bond acceptors (Lipinski definition) is 5. The average Bonchev–Trinajstić information content (AvgIpc) is 2.91. The van der Waals surface area contributed by atoms with Gasteiger partial charge in [-0.25, -0.2) is 0 Å². The van der Waals surface area contributed by atoms with Crippen LogP contribution in [0, 0.1) is 5.92 Å². The number of nitrogens with zero attached hydrogens (tertiary/aromatic N) is 2. The number of hydrogen-bond donors (Lipinski definition) is 2. The van der Waals surface area contributed by atoms with Gasteiger partial charge < -0.3 is 5.32 Å². The maximum Gasteiger partial charge on any atom is 0.157 e. The molecule has 1 aliphatic rings. The van der Waals surface area contributed by atoms with Crippen LogP contribution in [-0.4, -0.2) is 23.2 Å². The molecule has 21 heavy (non-hydrogen) atoms. The Balaban J connectivity index is 1.87. The number of pyridine rings is 1. The van der Waals surface area contributed by atoms with Crippen molar-refractivity contribution in [3.63, 3.8) is 0 Å². The summed E-state index contributed by atoms with van der Waals surface area (Å²) in [5.74, 6) is 0.629. The predicted octanol–water partition coefficient (Wildman–Crippen LogP) is 3.85. The minimum absolute atomic E-state index is 0.0258. The van der Waals surface area contributed by atoms with E-state index in [9.17, 15) is 0 Å². The van der Waals surface area contributed by atoms with Crippen LogP contribution in [0.1, 0.15) is 32.3 Å². The highest BCUT2D eigenvalue weighted by molar-refractivity contribution is 8.14. The van der Waals surface area contributed by atoms with E-state index in [2.05, 4.69) is 60.0 Å². The van der Waals surface area contributed by atoms with E-state index in [0.717, 1.165) is 31.1 Å². The summed E-state index contributed by atoms with van der Waals surface area (Å²) in [6, 6.07) is 4.16. The van der Waals surface area contributed by atoms with E-state index in [1.807, 2.05) is 29.6 Å². The van der Waals surface area contributed by atoms with Gasteiger partial charge in [0.15, 0.2) is 5.17 Å². The third-order valence-corrected chi connectivity index (χ3v) is 5.32. The Morgan fingerprint density at radius 3 is 2.90 bits per heavy atom. The third-order valence-electron chi connectivity index (χ3n) is 3.83. The van der Waals surface area contributed by atoms with Crippen LogP contribution >= 0.6 is 24.4 Å². The van der Waals surface area contributed by atoms with Gasteiger partial charge in [0.1, 0.15) is 0 Å². The zero-order valence-electron chi connectivity index (χ0n) is 12.6. The summed E-state index contributed by atoms with van der Waals surface area (Å²) in [6.45, 7) is 6.25. The van der Waals surface area contributed by atoms with E-state index in [1.54, 1.807) is 0 Å². The molecule has 2 unspecified atom stereocenters. The number of aromatic nitrogens is 1. The molecule has 0 spiro atoms. The van der Waals surface area contributed by atoms with E-state index in [1.165, 1.54) is 5.56 Å². The maximum absolute atomic E-state index is 4.67. The lowest BCUT2D eigenvalue weighted by Crippen LogP contribution is -2.27. The Morgan fingerprint density at radius 2 is 2.24 bits per heavy atom. The number of allylic oxidation sites excluding steroid dienone is 1. The number of thiol groups is 1. The summed E-state index contributed by atoms with van der Waals surface area (Å²) in [5.41, 5.74) is 1.29. The Morgan fingerprint density at radius 1 is 1.48 bits per heavy atom. The van der Waals surface area contributed by atoms with Gasteiger partial charge in [0.05, 0.1) is 11.3 Å². The monoisotopic (exact) mass is 321 g/mol. The maximum atomic E-state index is 4.67. The fraction of sp³-hybridized carbons (Fsp3) is 0.500. The van der Waals surface area contributed by atoms with Crippen molar-refractivity contribution in [2.75, 3.05) is 13.1 Å². The lowest BCUT2D eigenvalue weighted by Gasteiger charge is -2.22. The van der Waals surface area contributed by atoms with Crippen LogP contribution in [0.25, 0.3) is 0 Å². The van der Waals surface area contributed by atoms with E-state index in [-0.39, 0.29) is 4.75 Å². The Labute approximate surface area is 137 Å². The van der Waals surface area contributed by atoms with Crippen LogP contribution < -0.4 is 5.32 Å². The third kappa shape index (κ3) is 4.51. The van der Waals surface area contributed by atoms with Gasteiger partial charge in [0, 0.05) is 18.9 Å². The molecule has 0 amide bonds. The van der Waals surface area contributed by atoms with Crippen molar-refractivity contribution in [1.29, 1.82) is 0 Å². The fourth-order valence-electron chi connectivity index (χ4n) is 2.33. The van der Waals surface area contributed by atoms with Crippen molar-refractivity contribution < 1.29 is 0 Å². The van der Waals surface area contributed by atoms with Crippen molar-refractivity contribution in [2.24, 2.45) is 10.9 Å². The Bertz CT molecular complexity index is 502. The second-order valence-electron chi connectivity index (χ2n) is 5.47. The quantitative estimate of drug-likeness (QED) is 0.782. The molecule has 2 rings (SSSR count). The molecular weight excluding hydrogens is 298 g/mol. The zero-order valence-corrected chi connectivity index (χ0v) is 14.3. The number of rotatable bonds is 6. The minimum Gasteiger partial charge on any atom is -0.365 e. The van der Waals surface area contributed by atoms with Gasteiger partial charge in [-0.15, -0.1) is 0 Å². The van der Waals surface area contributed by atoms with Crippen LogP contribution in [0.2, 0.25) is 0 Å². The first-order valence-corrected chi connectivity index (χ1v) is 8.68. The minimum atomic E-state index is 0.0258. The van der Waals surface area contributed by atoms with E-state index >= 15 is 0 Å². The van der Waals surface area contributed by atoms with Gasteiger partial charge in [-0.3, -0.25) is 9.98 Å². The molecule has 0 saturated carbocycles. The van der Waals surface area contributed by atoms with Gasteiger partial charge >= 0.3 is 0 Å². The molecule has 3 nitrogen and oxygen atoms in total. The first kappa shape index (κ1) is 16.4. The number of aliphatic imine (C=N–C) groups is 1. The van der Waals surface area contributed by atoms with Crippen LogP contribution in [0.4, 0.5) is 0 Å². The molecule has 114 valence electrons. The first-order chi connectivity index (χ1) is 10.2. The van der Waals surface area contributed by atoms with Crippen molar-refractivity contribution in [2.45, 2.75) is 31.4 Å². The standard InChI is InChI=1S/C16H23N3S2/c1-3-13(5-4-10-20)11-18-15-19-12-16(2,21-15)14-6-8-17-9-7-14/h4,6-10,13,20H,3,5,11-12H2,1-2H3,(H,18,19)/b10-4-. The smallest absolute Gasteiger partial charge is 0.157 e. The van der Waals surface area contributed by atoms with Gasteiger partial charge in [0.25, 0.3) is 0 Å². The van der Waals surface area contributed by atoms with E-state index in [4.69, 9.17) is 0 Å². The zero-order chi connectivity index (χ0) is 15.1. The summed E-state index contributed by atoms with van der Waals surface area (Å²) in [4.78, 5) is 8.76. The highest BCUT2D eigenvalue weighted by Gasteiger charge is 2.34. The highest BCUT2D eigenvalue weighted by atomic mass is 32.2. The highest BCUT2D eigenvalue weighted by Crippen LogP contribution is 2.40. The van der Waals surface area contributed by atoms with E-state index < -0.39 is 0 Å². The number of nitrogens with one attached hydrogen (secondary N) is 1. The molecule has 1 N–H and O–H groups in total. The second-order valence-corrected chi connectivity index (χ2v) is 7.26. The van der Waals surface area contributed by atoms with E-state index in [0.29, 0.717) is 5.92 Å². The van der Waals surface area contributed by atoms with Crippen molar-refractivity contribution in [1.82, 2.24) is 10.3 Å². The van der Waals surface area contributed by atoms with Crippen LogP contribution in [0.3, 0.4) is 0 Å². The van der Waals surface area contributed by atoms with Crippen LogP contribution in [0.5, 0.6) is 0 Å². The molecular formula is C16H23N3S2. The molecule has 1 aromatic rings. The van der Waals surface area contributed by atoms with Crippen molar-refractivity contribution in [3.8, 4) is 0 Å². The molecule has 2 atom stereocenters. The van der Waals surface area contributed by atoms with Gasteiger partial charge in [0.2, 0.25) is 0 Å². The molecule has 0 aliphatic carbocycles. The molecule has 0 aromatic carbocycles. The van der Waals surface area contributed by atoms with Crippen molar-refractivity contribution in [3.05, 3.63) is 41.6 Å². The molecule has 0 radical (unpaired) electrons.